The lowest BCUT2D eigenvalue weighted by molar-refractivity contribution is -0.125. The van der Waals surface area contributed by atoms with Crippen molar-refractivity contribution in [3.8, 4) is 5.75 Å². The lowest BCUT2D eigenvalue weighted by Gasteiger charge is -2.20. The van der Waals surface area contributed by atoms with Gasteiger partial charge in [0.2, 0.25) is 0 Å². The van der Waals surface area contributed by atoms with Crippen LogP contribution in [0.1, 0.15) is 31.1 Å². The van der Waals surface area contributed by atoms with Crippen LogP contribution in [0.5, 0.6) is 5.75 Å². The van der Waals surface area contributed by atoms with Gasteiger partial charge in [-0.25, -0.2) is 4.79 Å². The zero-order valence-electron chi connectivity index (χ0n) is 12.1. The molecule has 0 fully saturated rings. The summed E-state index contributed by atoms with van der Waals surface area (Å²) < 4.78 is 10.00. The Labute approximate surface area is 118 Å². The van der Waals surface area contributed by atoms with Gasteiger partial charge in [0.1, 0.15) is 11.3 Å². The molecule has 1 aromatic rings. The summed E-state index contributed by atoms with van der Waals surface area (Å²) in [7, 11) is 1.43. The van der Waals surface area contributed by atoms with E-state index in [1.165, 1.54) is 19.2 Å². The summed E-state index contributed by atoms with van der Waals surface area (Å²) in [6.45, 7) is 5.19. The van der Waals surface area contributed by atoms with Gasteiger partial charge in [-0.2, -0.15) is 0 Å². The fraction of sp³-hybridized carbons (Fsp3) is 0.429. The summed E-state index contributed by atoms with van der Waals surface area (Å²) in [5.74, 6) is -0.683. The molecule has 0 heterocycles. The quantitative estimate of drug-likeness (QED) is 0.641. The minimum Gasteiger partial charge on any atom is -0.496 e. The Morgan fingerprint density at radius 3 is 2.50 bits per heavy atom. The van der Waals surface area contributed by atoms with Crippen LogP contribution in [-0.2, 0) is 9.53 Å². The Bertz CT molecular complexity index is 506. The SMILES string of the molecule is COc1cc(N)ccc1C(=O)OCC(=O)NC(C)(C)C. The first-order chi connectivity index (χ1) is 9.23. The number of anilines is 1. The standard InChI is InChI=1S/C14H20N2O4/c1-14(2,3)16-12(17)8-20-13(18)10-6-5-9(15)7-11(10)19-4/h5-7H,8,15H2,1-4H3,(H,16,17). The van der Waals surface area contributed by atoms with Gasteiger partial charge in [0.15, 0.2) is 6.61 Å². The molecular formula is C14H20N2O4. The van der Waals surface area contributed by atoms with E-state index >= 15 is 0 Å². The van der Waals surface area contributed by atoms with E-state index in [1.54, 1.807) is 6.07 Å². The molecule has 0 bridgehead atoms. The van der Waals surface area contributed by atoms with Gasteiger partial charge in [-0.1, -0.05) is 0 Å². The predicted octanol–water partition coefficient (Wildman–Crippen LogP) is 1.35. The van der Waals surface area contributed by atoms with Crippen molar-refractivity contribution in [2.24, 2.45) is 0 Å². The van der Waals surface area contributed by atoms with E-state index in [2.05, 4.69) is 5.32 Å². The monoisotopic (exact) mass is 280 g/mol. The molecule has 0 aromatic heterocycles. The van der Waals surface area contributed by atoms with Crippen LogP contribution in [0.25, 0.3) is 0 Å². The normalized spacial score (nSPS) is 10.8. The third-order valence-electron chi connectivity index (χ3n) is 2.29. The van der Waals surface area contributed by atoms with Gasteiger partial charge in [0.25, 0.3) is 5.91 Å². The van der Waals surface area contributed by atoms with Gasteiger partial charge in [-0.3, -0.25) is 4.79 Å². The van der Waals surface area contributed by atoms with Crippen molar-refractivity contribution in [1.29, 1.82) is 0 Å². The number of methoxy groups -OCH3 is 1. The highest BCUT2D eigenvalue weighted by Crippen LogP contribution is 2.22. The fourth-order valence-electron chi connectivity index (χ4n) is 1.54. The Morgan fingerprint density at radius 2 is 1.95 bits per heavy atom. The molecule has 0 aliphatic heterocycles. The van der Waals surface area contributed by atoms with E-state index in [0.717, 1.165) is 0 Å². The molecule has 0 saturated heterocycles. The predicted molar refractivity (Wildman–Crippen MR) is 75.6 cm³/mol. The molecule has 110 valence electrons. The number of hydrogen-bond donors (Lipinski definition) is 2. The molecule has 1 rings (SSSR count). The largest absolute Gasteiger partial charge is 0.496 e. The molecule has 20 heavy (non-hydrogen) atoms. The number of nitrogen functional groups attached to an aromatic ring is 1. The van der Waals surface area contributed by atoms with Crippen LogP contribution in [-0.4, -0.2) is 31.1 Å². The summed E-state index contributed by atoms with van der Waals surface area (Å²) >= 11 is 0. The van der Waals surface area contributed by atoms with Crippen molar-refractivity contribution >= 4 is 17.6 Å². The summed E-state index contributed by atoms with van der Waals surface area (Å²) in [6, 6.07) is 4.58. The Morgan fingerprint density at radius 1 is 1.30 bits per heavy atom. The van der Waals surface area contributed by atoms with Crippen LogP contribution in [0.15, 0.2) is 18.2 Å². The number of nitrogens with one attached hydrogen (secondary N) is 1. The molecule has 0 radical (unpaired) electrons. The van der Waals surface area contributed by atoms with Crippen LogP contribution in [0.2, 0.25) is 0 Å². The second-order valence-electron chi connectivity index (χ2n) is 5.33. The molecule has 0 aliphatic carbocycles. The smallest absolute Gasteiger partial charge is 0.342 e. The van der Waals surface area contributed by atoms with Gasteiger partial charge in [-0.05, 0) is 32.9 Å². The van der Waals surface area contributed by atoms with E-state index in [4.69, 9.17) is 15.2 Å². The van der Waals surface area contributed by atoms with Gasteiger partial charge in [0.05, 0.1) is 7.11 Å². The van der Waals surface area contributed by atoms with Gasteiger partial charge in [0, 0.05) is 17.3 Å². The number of ether oxygens (including phenoxy) is 2. The number of carbonyl (C=O) groups is 2. The Hall–Kier alpha value is -2.24. The maximum absolute atomic E-state index is 11.9. The first-order valence-corrected chi connectivity index (χ1v) is 6.14. The molecule has 6 heteroatoms. The minimum absolute atomic E-state index is 0.227. The first-order valence-electron chi connectivity index (χ1n) is 6.14. The summed E-state index contributed by atoms with van der Waals surface area (Å²) in [5.41, 5.74) is 5.93. The van der Waals surface area contributed by atoms with Crippen molar-refractivity contribution in [1.82, 2.24) is 5.32 Å². The highest BCUT2D eigenvalue weighted by atomic mass is 16.5. The lowest BCUT2D eigenvalue weighted by Crippen LogP contribution is -2.42. The molecule has 0 saturated carbocycles. The molecule has 0 spiro atoms. The lowest BCUT2D eigenvalue weighted by atomic mass is 10.1. The Kier molecular flexibility index (Phi) is 4.96. The molecule has 1 amide bonds. The van der Waals surface area contributed by atoms with Crippen LogP contribution in [0, 0.1) is 0 Å². The molecule has 1 aromatic carbocycles. The molecule has 6 nitrogen and oxygen atoms in total. The van der Waals surface area contributed by atoms with Crippen molar-refractivity contribution < 1.29 is 19.1 Å². The molecule has 0 atom stereocenters. The highest BCUT2D eigenvalue weighted by Gasteiger charge is 2.18. The topological polar surface area (TPSA) is 90.7 Å². The summed E-state index contributed by atoms with van der Waals surface area (Å²) in [5, 5.41) is 2.70. The van der Waals surface area contributed by atoms with E-state index in [1.807, 2.05) is 20.8 Å². The number of esters is 1. The third kappa shape index (κ3) is 4.79. The summed E-state index contributed by atoms with van der Waals surface area (Å²) in [6.07, 6.45) is 0. The van der Waals surface area contributed by atoms with Crippen LogP contribution >= 0.6 is 0 Å². The number of carbonyl (C=O) groups excluding carboxylic acids is 2. The van der Waals surface area contributed by atoms with Crippen LogP contribution < -0.4 is 15.8 Å². The molecule has 0 unspecified atom stereocenters. The molecule has 0 aliphatic rings. The number of benzene rings is 1. The second kappa shape index (κ2) is 6.27. The highest BCUT2D eigenvalue weighted by molar-refractivity contribution is 5.94. The van der Waals surface area contributed by atoms with E-state index in [-0.39, 0.29) is 23.6 Å². The molecule has 3 N–H and O–H groups in total. The van der Waals surface area contributed by atoms with Gasteiger partial charge in [-0.15, -0.1) is 0 Å². The fourth-order valence-corrected chi connectivity index (χ4v) is 1.54. The van der Waals surface area contributed by atoms with Crippen molar-refractivity contribution in [3.05, 3.63) is 23.8 Å². The Balaban J connectivity index is 2.66. The third-order valence-corrected chi connectivity index (χ3v) is 2.29. The zero-order valence-corrected chi connectivity index (χ0v) is 12.1. The number of hydrogen-bond acceptors (Lipinski definition) is 5. The minimum atomic E-state index is -0.633. The van der Waals surface area contributed by atoms with Crippen LogP contribution in [0.3, 0.4) is 0 Å². The summed E-state index contributed by atoms with van der Waals surface area (Å²) in [4.78, 5) is 23.4. The first kappa shape index (κ1) is 15.8. The number of nitrogens with two attached hydrogens (primary N) is 1. The maximum Gasteiger partial charge on any atom is 0.342 e. The van der Waals surface area contributed by atoms with Gasteiger partial charge >= 0.3 is 5.97 Å². The van der Waals surface area contributed by atoms with Crippen LogP contribution in [0.4, 0.5) is 5.69 Å². The van der Waals surface area contributed by atoms with Gasteiger partial charge < -0.3 is 20.5 Å². The number of rotatable bonds is 4. The maximum atomic E-state index is 11.9. The van der Waals surface area contributed by atoms with E-state index in [0.29, 0.717) is 11.4 Å². The average Bonchev–Trinajstić information content (AvgIpc) is 2.33. The van der Waals surface area contributed by atoms with Crippen molar-refractivity contribution in [2.45, 2.75) is 26.3 Å². The second-order valence-corrected chi connectivity index (χ2v) is 5.33. The van der Waals surface area contributed by atoms with Crippen molar-refractivity contribution in [2.75, 3.05) is 19.5 Å². The zero-order chi connectivity index (χ0) is 15.3. The van der Waals surface area contributed by atoms with E-state index in [9.17, 15) is 9.59 Å². The number of amides is 1. The average molecular weight is 280 g/mol. The molecular weight excluding hydrogens is 260 g/mol. The van der Waals surface area contributed by atoms with E-state index < -0.39 is 5.97 Å². The van der Waals surface area contributed by atoms with Crippen molar-refractivity contribution in [3.63, 3.8) is 0 Å².